The Morgan fingerprint density at radius 1 is 1.06 bits per heavy atom. The molecule has 8 nitrogen and oxygen atoms in total. The summed E-state index contributed by atoms with van der Waals surface area (Å²) < 4.78 is 5.16. The van der Waals surface area contributed by atoms with E-state index in [4.69, 9.17) is 4.74 Å². The van der Waals surface area contributed by atoms with E-state index in [-0.39, 0.29) is 30.7 Å². The third-order valence-corrected chi connectivity index (χ3v) is 6.21. The summed E-state index contributed by atoms with van der Waals surface area (Å²) in [6.45, 7) is 3.59. The molecule has 3 aromatic rings. The number of carbonyl (C=O) groups is 3. The molecule has 0 saturated heterocycles. The molecule has 2 aromatic carbocycles. The topological polar surface area (TPSA) is 108 Å². The van der Waals surface area contributed by atoms with Crippen LogP contribution in [0.25, 0.3) is 10.4 Å². The number of carbonyl (C=O) groups excluding carboxylic acids is 3. The molecule has 34 heavy (non-hydrogen) atoms. The SMILES string of the molecule is CCOC(=O)c1cc(-c2ccccc2)sc1NC(=O)[C@@H](C)N(C)CC(=O)Nc1ccc(O)cc1. The van der Waals surface area contributed by atoms with Crippen molar-refractivity contribution in [3.05, 3.63) is 66.2 Å². The first kappa shape index (κ1) is 24.9. The van der Waals surface area contributed by atoms with E-state index in [1.807, 2.05) is 30.3 Å². The molecule has 0 aliphatic carbocycles. The van der Waals surface area contributed by atoms with Crippen molar-refractivity contribution < 1.29 is 24.2 Å². The lowest BCUT2D eigenvalue weighted by Crippen LogP contribution is -2.43. The lowest BCUT2D eigenvalue weighted by molar-refractivity contribution is -0.122. The van der Waals surface area contributed by atoms with E-state index >= 15 is 0 Å². The molecule has 1 heterocycles. The molecule has 178 valence electrons. The Balaban J connectivity index is 1.69. The Bertz CT molecular complexity index is 1150. The van der Waals surface area contributed by atoms with Crippen molar-refractivity contribution >= 4 is 39.8 Å². The van der Waals surface area contributed by atoms with Crippen molar-refractivity contribution in [2.75, 3.05) is 30.8 Å². The van der Waals surface area contributed by atoms with Crippen LogP contribution in [0.2, 0.25) is 0 Å². The molecule has 0 aliphatic heterocycles. The van der Waals surface area contributed by atoms with Gasteiger partial charge in [-0.05, 0) is 56.8 Å². The van der Waals surface area contributed by atoms with Gasteiger partial charge in [0.25, 0.3) is 0 Å². The number of amides is 2. The minimum atomic E-state index is -0.650. The molecule has 1 atom stereocenters. The van der Waals surface area contributed by atoms with E-state index in [9.17, 15) is 19.5 Å². The molecule has 9 heteroatoms. The van der Waals surface area contributed by atoms with Gasteiger partial charge in [-0.2, -0.15) is 0 Å². The van der Waals surface area contributed by atoms with Crippen molar-refractivity contribution in [3.8, 4) is 16.2 Å². The third-order valence-electron chi connectivity index (χ3n) is 5.11. The van der Waals surface area contributed by atoms with E-state index in [0.29, 0.717) is 16.3 Å². The van der Waals surface area contributed by atoms with Crippen molar-refractivity contribution in [3.63, 3.8) is 0 Å². The van der Waals surface area contributed by atoms with Gasteiger partial charge in [0.1, 0.15) is 10.8 Å². The Labute approximate surface area is 202 Å². The van der Waals surface area contributed by atoms with Crippen LogP contribution in [0.3, 0.4) is 0 Å². The highest BCUT2D eigenvalue weighted by molar-refractivity contribution is 7.20. The van der Waals surface area contributed by atoms with Crippen LogP contribution in [0.4, 0.5) is 10.7 Å². The van der Waals surface area contributed by atoms with Gasteiger partial charge in [-0.25, -0.2) is 4.79 Å². The summed E-state index contributed by atoms with van der Waals surface area (Å²) in [5.74, 6) is -1.06. The molecular formula is C25H27N3O5S. The van der Waals surface area contributed by atoms with E-state index in [1.54, 1.807) is 44.0 Å². The zero-order chi connectivity index (χ0) is 24.7. The fraction of sp³-hybridized carbons (Fsp3) is 0.240. The van der Waals surface area contributed by atoms with E-state index in [1.165, 1.54) is 23.5 Å². The molecule has 1 aromatic heterocycles. The fourth-order valence-corrected chi connectivity index (χ4v) is 4.17. The average molecular weight is 482 g/mol. The lowest BCUT2D eigenvalue weighted by Gasteiger charge is -2.23. The first-order valence-corrected chi connectivity index (χ1v) is 11.6. The van der Waals surface area contributed by atoms with E-state index in [2.05, 4.69) is 10.6 Å². The van der Waals surface area contributed by atoms with Crippen LogP contribution in [-0.4, -0.2) is 54.0 Å². The van der Waals surface area contributed by atoms with Gasteiger partial charge in [-0.3, -0.25) is 14.5 Å². The van der Waals surface area contributed by atoms with E-state index < -0.39 is 12.0 Å². The van der Waals surface area contributed by atoms with Gasteiger partial charge in [0.05, 0.1) is 24.8 Å². The Morgan fingerprint density at radius 2 is 1.74 bits per heavy atom. The zero-order valence-corrected chi connectivity index (χ0v) is 20.0. The number of ether oxygens (including phenoxy) is 1. The number of anilines is 2. The van der Waals surface area contributed by atoms with Crippen LogP contribution < -0.4 is 10.6 Å². The minimum absolute atomic E-state index is 0.0279. The van der Waals surface area contributed by atoms with Crippen LogP contribution in [0.5, 0.6) is 5.75 Å². The number of hydrogen-bond donors (Lipinski definition) is 3. The first-order chi connectivity index (χ1) is 16.3. The van der Waals surface area contributed by atoms with Gasteiger partial charge in [0.2, 0.25) is 11.8 Å². The molecule has 0 radical (unpaired) electrons. The van der Waals surface area contributed by atoms with Gasteiger partial charge in [0.15, 0.2) is 0 Å². The van der Waals surface area contributed by atoms with Gasteiger partial charge in [-0.15, -0.1) is 11.3 Å². The monoisotopic (exact) mass is 481 g/mol. The third kappa shape index (κ3) is 6.43. The van der Waals surface area contributed by atoms with Crippen molar-refractivity contribution in [2.24, 2.45) is 0 Å². The minimum Gasteiger partial charge on any atom is -0.508 e. The Morgan fingerprint density at radius 3 is 2.38 bits per heavy atom. The predicted octanol–water partition coefficient (Wildman–Crippen LogP) is 4.19. The molecule has 0 unspecified atom stereocenters. The molecule has 0 aliphatic rings. The quantitative estimate of drug-likeness (QED) is 0.312. The van der Waals surface area contributed by atoms with Crippen LogP contribution in [0.15, 0.2) is 60.7 Å². The summed E-state index contributed by atoms with van der Waals surface area (Å²) in [6.07, 6.45) is 0. The predicted molar refractivity (Wildman–Crippen MR) is 133 cm³/mol. The zero-order valence-electron chi connectivity index (χ0n) is 19.2. The van der Waals surface area contributed by atoms with Crippen molar-refractivity contribution in [1.29, 1.82) is 0 Å². The van der Waals surface area contributed by atoms with Gasteiger partial charge >= 0.3 is 5.97 Å². The van der Waals surface area contributed by atoms with Gasteiger partial charge in [0, 0.05) is 10.6 Å². The number of rotatable bonds is 9. The van der Waals surface area contributed by atoms with Crippen LogP contribution >= 0.6 is 11.3 Å². The Hall–Kier alpha value is -3.69. The molecule has 3 rings (SSSR count). The maximum absolute atomic E-state index is 13.0. The van der Waals surface area contributed by atoms with Crippen LogP contribution in [-0.2, 0) is 14.3 Å². The summed E-state index contributed by atoms with van der Waals surface area (Å²) in [5, 5.41) is 15.3. The number of nitrogens with zero attached hydrogens (tertiary/aromatic N) is 1. The number of esters is 1. The maximum atomic E-state index is 13.0. The van der Waals surface area contributed by atoms with Crippen molar-refractivity contribution in [1.82, 2.24) is 4.90 Å². The largest absolute Gasteiger partial charge is 0.508 e. The van der Waals surface area contributed by atoms with Gasteiger partial charge < -0.3 is 20.5 Å². The first-order valence-electron chi connectivity index (χ1n) is 10.7. The number of hydrogen-bond acceptors (Lipinski definition) is 7. The molecule has 0 saturated carbocycles. The number of phenolic OH excluding ortho intramolecular Hbond substituents is 1. The summed E-state index contributed by atoms with van der Waals surface area (Å²) in [5.41, 5.74) is 1.76. The fourth-order valence-electron chi connectivity index (χ4n) is 3.11. The second kappa shape index (κ2) is 11.4. The van der Waals surface area contributed by atoms with Crippen LogP contribution in [0.1, 0.15) is 24.2 Å². The summed E-state index contributed by atoms with van der Waals surface area (Å²) >= 11 is 1.29. The van der Waals surface area contributed by atoms with E-state index in [0.717, 1.165) is 10.4 Å². The smallest absolute Gasteiger partial charge is 0.341 e. The molecular weight excluding hydrogens is 454 g/mol. The normalized spacial score (nSPS) is 11.6. The standard InChI is InChI=1S/C25H27N3O5S/c1-4-33-25(32)20-14-21(17-8-6-5-7-9-17)34-24(20)27-23(31)16(2)28(3)15-22(30)26-18-10-12-19(29)13-11-18/h5-14,16,29H,4,15H2,1-3H3,(H,26,30)(H,27,31)/t16-/m1/s1. The molecule has 0 fully saturated rings. The van der Waals surface area contributed by atoms with Crippen LogP contribution in [0, 0.1) is 0 Å². The highest BCUT2D eigenvalue weighted by Crippen LogP contribution is 2.36. The number of benzene rings is 2. The highest BCUT2D eigenvalue weighted by Gasteiger charge is 2.24. The summed E-state index contributed by atoms with van der Waals surface area (Å²) in [7, 11) is 1.66. The number of nitrogens with one attached hydrogen (secondary N) is 2. The summed E-state index contributed by atoms with van der Waals surface area (Å²) in [4.78, 5) is 40.2. The number of phenols is 1. The lowest BCUT2D eigenvalue weighted by atomic mass is 10.1. The highest BCUT2D eigenvalue weighted by atomic mass is 32.1. The Kier molecular flexibility index (Phi) is 8.39. The molecule has 3 N–H and O–H groups in total. The molecule has 0 spiro atoms. The molecule has 0 bridgehead atoms. The summed E-state index contributed by atoms with van der Waals surface area (Å²) in [6, 6.07) is 16.7. The second-order valence-electron chi connectivity index (χ2n) is 7.62. The maximum Gasteiger partial charge on any atom is 0.341 e. The number of likely N-dealkylation sites (N-methyl/N-ethyl adjacent to an activating group) is 1. The molecule has 2 amide bonds. The number of aromatic hydroxyl groups is 1. The average Bonchev–Trinajstić information content (AvgIpc) is 3.24. The second-order valence-corrected chi connectivity index (χ2v) is 8.67. The number of thiophene rings is 1. The van der Waals surface area contributed by atoms with Gasteiger partial charge in [-0.1, -0.05) is 30.3 Å². The van der Waals surface area contributed by atoms with Crippen molar-refractivity contribution in [2.45, 2.75) is 19.9 Å².